The number of rotatable bonds is 6. The average molecular weight is 510 g/mol. The number of fused-ring (bicyclic) bond motifs is 1. The minimum atomic E-state index is -0.728. The second kappa shape index (κ2) is 9.74. The molecule has 0 spiro atoms. The first-order valence-corrected chi connectivity index (χ1v) is 11.8. The van der Waals surface area contributed by atoms with Gasteiger partial charge in [-0.15, -0.1) is 0 Å². The molecule has 0 bridgehead atoms. The van der Waals surface area contributed by atoms with Crippen molar-refractivity contribution >= 4 is 57.7 Å². The fraction of sp³-hybridized carbons (Fsp3) is 0.185. The normalized spacial score (nSPS) is 14.3. The van der Waals surface area contributed by atoms with E-state index in [4.69, 9.17) is 33.7 Å². The third-order valence-corrected chi connectivity index (χ3v) is 6.14. The van der Waals surface area contributed by atoms with Crippen LogP contribution in [0.15, 0.2) is 60.7 Å². The number of benzene rings is 3. The lowest BCUT2D eigenvalue weighted by Gasteiger charge is -2.23. The van der Waals surface area contributed by atoms with Crippen LogP contribution in [0.25, 0.3) is 11.3 Å². The summed E-state index contributed by atoms with van der Waals surface area (Å²) in [6.07, 6.45) is 0. The number of hydrogen-bond acceptors (Lipinski definition) is 5. The van der Waals surface area contributed by atoms with E-state index in [-0.39, 0.29) is 12.5 Å². The highest BCUT2D eigenvalue weighted by Crippen LogP contribution is 2.40. The summed E-state index contributed by atoms with van der Waals surface area (Å²) in [6.45, 7) is 5.66. The number of esters is 1. The molecule has 4 N–H and O–H groups in total. The molecule has 1 amide bonds. The molecular formula is C27H25Cl2N3O3. The highest BCUT2D eigenvalue weighted by atomic mass is 35.5. The summed E-state index contributed by atoms with van der Waals surface area (Å²) >= 11 is 13.1. The SMILES string of the molecule is CCOC(=O)c1ccc2c(c1)NC(=O)C2=C(Nc1cc(Cl)c(C(C)(C)N)c(Cl)c1)c1ccccc1. The van der Waals surface area contributed by atoms with E-state index in [9.17, 15) is 9.59 Å². The van der Waals surface area contributed by atoms with Crippen LogP contribution >= 0.6 is 23.2 Å². The molecule has 1 heterocycles. The molecule has 1 aliphatic rings. The van der Waals surface area contributed by atoms with Gasteiger partial charge in [0.2, 0.25) is 0 Å². The van der Waals surface area contributed by atoms with E-state index in [1.165, 1.54) is 0 Å². The van der Waals surface area contributed by atoms with Crippen LogP contribution in [0.4, 0.5) is 11.4 Å². The maximum absolute atomic E-state index is 13.2. The van der Waals surface area contributed by atoms with Gasteiger partial charge in [-0.25, -0.2) is 4.79 Å². The monoisotopic (exact) mass is 509 g/mol. The number of carbonyl (C=O) groups excluding carboxylic acids is 2. The van der Waals surface area contributed by atoms with Crippen molar-refractivity contribution in [2.24, 2.45) is 5.73 Å². The Morgan fingerprint density at radius 2 is 1.69 bits per heavy atom. The molecule has 0 saturated carbocycles. The lowest BCUT2D eigenvalue weighted by atomic mass is 9.95. The van der Waals surface area contributed by atoms with Gasteiger partial charge in [-0.3, -0.25) is 4.79 Å². The Morgan fingerprint density at radius 1 is 1.03 bits per heavy atom. The summed E-state index contributed by atoms with van der Waals surface area (Å²) in [5, 5.41) is 7.04. The number of hydrogen-bond donors (Lipinski definition) is 3. The topological polar surface area (TPSA) is 93.4 Å². The van der Waals surface area contributed by atoms with Gasteiger partial charge in [0.25, 0.3) is 5.91 Å². The molecule has 6 nitrogen and oxygen atoms in total. The zero-order valence-electron chi connectivity index (χ0n) is 19.5. The molecule has 0 atom stereocenters. The lowest BCUT2D eigenvalue weighted by Crippen LogP contribution is -2.29. The predicted molar refractivity (Wildman–Crippen MR) is 142 cm³/mol. The number of anilines is 2. The van der Waals surface area contributed by atoms with E-state index in [1.807, 2.05) is 44.2 Å². The predicted octanol–water partition coefficient (Wildman–Crippen LogP) is 6.30. The van der Waals surface area contributed by atoms with Crippen molar-refractivity contribution in [2.75, 3.05) is 17.2 Å². The molecule has 8 heteroatoms. The van der Waals surface area contributed by atoms with Crippen LogP contribution in [0, 0.1) is 0 Å². The number of nitrogens with one attached hydrogen (secondary N) is 2. The van der Waals surface area contributed by atoms with Crippen LogP contribution in [0.3, 0.4) is 0 Å². The van der Waals surface area contributed by atoms with Crippen LogP contribution in [0.1, 0.15) is 47.8 Å². The number of amides is 1. The average Bonchev–Trinajstić information content (AvgIpc) is 3.11. The number of halogens is 2. The van der Waals surface area contributed by atoms with E-state index < -0.39 is 11.5 Å². The molecule has 4 rings (SSSR count). The van der Waals surface area contributed by atoms with E-state index in [0.29, 0.717) is 49.4 Å². The van der Waals surface area contributed by atoms with E-state index in [2.05, 4.69) is 10.6 Å². The van der Waals surface area contributed by atoms with Gasteiger partial charge >= 0.3 is 5.97 Å². The minimum absolute atomic E-state index is 0.265. The molecule has 0 fully saturated rings. The van der Waals surface area contributed by atoms with Gasteiger partial charge < -0.3 is 21.1 Å². The molecule has 35 heavy (non-hydrogen) atoms. The molecule has 0 saturated heterocycles. The van der Waals surface area contributed by atoms with Gasteiger partial charge in [0, 0.05) is 32.4 Å². The van der Waals surface area contributed by atoms with E-state index >= 15 is 0 Å². The summed E-state index contributed by atoms with van der Waals surface area (Å²) in [6, 6.07) is 17.9. The smallest absolute Gasteiger partial charge is 0.338 e. The van der Waals surface area contributed by atoms with E-state index in [1.54, 1.807) is 37.3 Å². The van der Waals surface area contributed by atoms with Gasteiger partial charge in [-0.05, 0) is 50.6 Å². The Morgan fingerprint density at radius 3 is 2.29 bits per heavy atom. The second-order valence-electron chi connectivity index (χ2n) is 8.71. The van der Waals surface area contributed by atoms with Gasteiger partial charge in [0.15, 0.2) is 0 Å². The van der Waals surface area contributed by atoms with Crippen molar-refractivity contribution in [3.63, 3.8) is 0 Å². The van der Waals surface area contributed by atoms with Crippen molar-refractivity contribution < 1.29 is 14.3 Å². The third kappa shape index (κ3) is 5.05. The van der Waals surface area contributed by atoms with Crippen molar-refractivity contribution in [1.82, 2.24) is 0 Å². The summed E-state index contributed by atoms with van der Waals surface area (Å²) in [5.41, 5.74) is 10.1. The Bertz CT molecular complexity index is 1320. The maximum Gasteiger partial charge on any atom is 0.338 e. The first-order valence-electron chi connectivity index (χ1n) is 11.1. The van der Waals surface area contributed by atoms with Crippen LogP contribution in [-0.4, -0.2) is 18.5 Å². The molecule has 3 aromatic carbocycles. The summed E-state index contributed by atoms with van der Waals surface area (Å²) in [4.78, 5) is 25.3. The van der Waals surface area contributed by atoms with Gasteiger partial charge in [-0.1, -0.05) is 59.6 Å². The highest BCUT2D eigenvalue weighted by Gasteiger charge is 2.30. The van der Waals surface area contributed by atoms with E-state index in [0.717, 1.165) is 5.56 Å². The van der Waals surface area contributed by atoms with Crippen LogP contribution < -0.4 is 16.4 Å². The Hall–Kier alpha value is -3.32. The molecule has 0 unspecified atom stereocenters. The van der Waals surface area contributed by atoms with Crippen LogP contribution in [-0.2, 0) is 15.1 Å². The second-order valence-corrected chi connectivity index (χ2v) is 9.53. The Labute approximate surface area is 214 Å². The highest BCUT2D eigenvalue weighted by molar-refractivity contribution is 6.38. The zero-order chi connectivity index (χ0) is 25.3. The number of carbonyl (C=O) groups is 2. The van der Waals surface area contributed by atoms with Gasteiger partial charge in [0.05, 0.1) is 29.1 Å². The molecule has 0 aliphatic carbocycles. The lowest BCUT2D eigenvalue weighted by molar-refractivity contribution is -0.110. The van der Waals surface area contributed by atoms with Crippen molar-refractivity contribution in [1.29, 1.82) is 0 Å². The van der Waals surface area contributed by atoms with Crippen molar-refractivity contribution in [3.8, 4) is 0 Å². The maximum atomic E-state index is 13.2. The largest absolute Gasteiger partial charge is 0.462 e. The third-order valence-electron chi connectivity index (χ3n) is 5.54. The Kier molecular flexibility index (Phi) is 6.90. The number of ether oxygens (including phenoxy) is 1. The van der Waals surface area contributed by atoms with Crippen molar-refractivity contribution in [2.45, 2.75) is 26.3 Å². The fourth-order valence-electron chi connectivity index (χ4n) is 4.05. The molecular weight excluding hydrogens is 485 g/mol. The quantitative estimate of drug-likeness (QED) is 0.268. The fourth-order valence-corrected chi connectivity index (χ4v) is 5.03. The Balaban J connectivity index is 1.85. The number of nitrogens with two attached hydrogens (primary N) is 1. The summed E-state index contributed by atoms with van der Waals surface area (Å²) < 4.78 is 5.08. The molecule has 3 aromatic rings. The van der Waals surface area contributed by atoms with Gasteiger partial charge in [-0.2, -0.15) is 0 Å². The zero-order valence-corrected chi connectivity index (χ0v) is 21.1. The minimum Gasteiger partial charge on any atom is -0.462 e. The standard InChI is InChI=1S/C27H25Cl2N3O3/c1-4-35-26(34)16-10-11-18-21(12-16)32-25(33)22(18)24(15-8-6-5-7-9-15)31-17-13-19(28)23(20(29)14-17)27(2,3)30/h5-14,31H,4,30H2,1-3H3,(H,32,33). The van der Waals surface area contributed by atoms with Crippen LogP contribution in [0.5, 0.6) is 0 Å². The molecule has 180 valence electrons. The molecule has 0 radical (unpaired) electrons. The molecule has 0 aromatic heterocycles. The van der Waals surface area contributed by atoms with Crippen molar-refractivity contribution in [3.05, 3.63) is 93.0 Å². The molecule has 1 aliphatic heterocycles. The van der Waals surface area contributed by atoms with Gasteiger partial charge in [0.1, 0.15) is 0 Å². The summed E-state index contributed by atoms with van der Waals surface area (Å²) in [7, 11) is 0. The summed E-state index contributed by atoms with van der Waals surface area (Å²) in [5.74, 6) is -0.750. The van der Waals surface area contributed by atoms with Crippen LogP contribution in [0.2, 0.25) is 10.0 Å². The first kappa shape index (κ1) is 24.8. The first-order chi connectivity index (χ1) is 16.6.